The average molecular weight is 367 g/mol. The summed E-state index contributed by atoms with van der Waals surface area (Å²) in [6, 6.07) is 7.01. The summed E-state index contributed by atoms with van der Waals surface area (Å²) in [6.07, 6.45) is 0. The number of carbonyl (C=O) groups is 1. The molecule has 0 unspecified atom stereocenters. The van der Waals surface area contributed by atoms with Crippen molar-refractivity contribution >= 4 is 27.0 Å². The summed E-state index contributed by atoms with van der Waals surface area (Å²) in [5, 5.41) is 11.3. The maximum atomic E-state index is 12.3. The third-order valence-electron chi connectivity index (χ3n) is 4.14. The Labute approximate surface area is 146 Å². The Morgan fingerprint density at radius 1 is 1.28 bits per heavy atom. The predicted molar refractivity (Wildman–Crippen MR) is 91.2 cm³/mol. The lowest BCUT2D eigenvalue weighted by Crippen LogP contribution is -2.44. The lowest BCUT2D eigenvalue weighted by Gasteiger charge is -2.20. The van der Waals surface area contributed by atoms with Crippen molar-refractivity contribution in [2.45, 2.75) is 12.6 Å². The molecule has 1 aliphatic heterocycles. The third kappa shape index (κ3) is 4.14. The van der Waals surface area contributed by atoms with Crippen LogP contribution in [0, 0.1) is 5.92 Å². The first-order chi connectivity index (χ1) is 11.8. The molecule has 1 aromatic heterocycles. The highest BCUT2D eigenvalue weighted by Crippen LogP contribution is 2.17. The molecular weight excluding hydrogens is 346 g/mol. The number of ether oxygens (including phenoxy) is 1. The smallest absolute Gasteiger partial charge is 0.243 e. The normalized spacial score (nSPS) is 21.1. The third-order valence-corrected chi connectivity index (χ3v) is 6.10. The van der Waals surface area contributed by atoms with Gasteiger partial charge in [0, 0.05) is 20.0 Å². The number of benzene rings is 1. The lowest BCUT2D eigenvalue weighted by atomic mass is 10.1. The zero-order chi connectivity index (χ0) is 18.0. The van der Waals surface area contributed by atoms with Crippen LogP contribution in [0.3, 0.4) is 0 Å². The van der Waals surface area contributed by atoms with Gasteiger partial charge in [0.25, 0.3) is 0 Å². The molecule has 25 heavy (non-hydrogen) atoms. The van der Waals surface area contributed by atoms with E-state index in [0.717, 1.165) is 11.0 Å². The molecule has 0 saturated carbocycles. The first-order valence-electron chi connectivity index (χ1n) is 7.92. The first kappa shape index (κ1) is 17.8. The molecule has 1 aromatic carbocycles. The van der Waals surface area contributed by atoms with Crippen LogP contribution in [0.4, 0.5) is 0 Å². The molecule has 9 nitrogen and oxygen atoms in total. The number of nitrogens with zero attached hydrogens (tertiary/aromatic N) is 4. The van der Waals surface area contributed by atoms with Gasteiger partial charge in [0.15, 0.2) is 0 Å². The van der Waals surface area contributed by atoms with E-state index in [9.17, 15) is 13.2 Å². The zero-order valence-electron chi connectivity index (χ0n) is 14.1. The van der Waals surface area contributed by atoms with Crippen molar-refractivity contribution in [1.82, 2.24) is 24.6 Å². The highest BCUT2D eigenvalue weighted by atomic mass is 32.2. The van der Waals surface area contributed by atoms with E-state index in [1.165, 1.54) is 23.2 Å². The molecule has 0 radical (unpaired) electrons. The Bertz CT molecular complexity index is 831. The number of amides is 1. The van der Waals surface area contributed by atoms with Crippen molar-refractivity contribution in [2.24, 2.45) is 5.92 Å². The highest BCUT2D eigenvalue weighted by Gasteiger charge is 2.34. The van der Waals surface area contributed by atoms with Gasteiger partial charge in [-0.2, -0.15) is 15.0 Å². The van der Waals surface area contributed by atoms with Gasteiger partial charge in [-0.3, -0.25) is 4.79 Å². The minimum Gasteiger partial charge on any atom is -0.379 e. The van der Waals surface area contributed by atoms with Gasteiger partial charge in [-0.25, -0.2) is 12.7 Å². The minimum atomic E-state index is -3.35. The molecule has 1 aliphatic rings. The largest absolute Gasteiger partial charge is 0.379 e. The van der Waals surface area contributed by atoms with Crippen molar-refractivity contribution in [1.29, 1.82) is 0 Å². The maximum absolute atomic E-state index is 12.3. The van der Waals surface area contributed by atoms with Crippen LogP contribution in [-0.4, -0.2) is 72.7 Å². The van der Waals surface area contributed by atoms with E-state index in [0.29, 0.717) is 13.2 Å². The van der Waals surface area contributed by atoms with E-state index >= 15 is 0 Å². The van der Waals surface area contributed by atoms with Gasteiger partial charge >= 0.3 is 0 Å². The van der Waals surface area contributed by atoms with Crippen LogP contribution in [0.15, 0.2) is 24.3 Å². The summed E-state index contributed by atoms with van der Waals surface area (Å²) < 4.78 is 30.6. The van der Waals surface area contributed by atoms with Gasteiger partial charge in [0.1, 0.15) is 17.6 Å². The standard InChI is InChI=1S/C15H21N5O4S/c1-19(2)25(22,23)10-11-8-24-9-14(11)16-15(21)7-20-17-12-5-3-4-6-13(12)18-20/h3-6,11,14H,7-10H2,1-2H3,(H,16,21)/t11-,14+/m0/s1. The summed E-state index contributed by atoms with van der Waals surface area (Å²) >= 11 is 0. The Balaban J connectivity index is 1.61. The van der Waals surface area contributed by atoms with Crippen molar-refractivity contribution in [3.8, 4) is 0 Å². The number of fused-ring (bicyclic) bond motifs is 1. The Kier molecular flexibility index (Phi) is 5.02. The summed E-state index contributed by atoms with van der Waals surface area (Å²) in [4.78, 5) is 13.6. The fourth-order valence-corrected chi connectivity index (χ4v) is 3.87. The van der Waals surface area contributed by atoms with Crippen molar-refractivity contribution in [3.05, 3.63) is 24.3 Å². The number of rotatable bonds is 6. The van der Waals surface area contributed by atoms with Crippen molar-refractivity contribution in [2.75, 3.05) is 33.1 Å². The lowest BCUT2D eigenvalue weighted by molar-refractivity contribution is -0.123. The number of aromatic nitrogens is 3. The summed E-state index contributed by atoms with van der Waals surface area (Å²) in [5.41, 5.74) is 1.43. The molecule has 3 rings (SSSR count). The van der Waals surface area contributed by atoms with E-state index in [4.69, 9.17) is 4.74 Å². The molecule has 2 heterocycles. The molecule has 0 spiro atoms. The number of hydrogen-bond acceptors (Lipinski definition) is 6. The van der Waals surface area contributed by atoms with Crippen LogP contribution in [0.5, 0.6) is 0 Å². The van der Waals surface area contributed by atoms with Crippen molar-refractivity contribution in [3.63, 3.8) is 0 Å². The second kappa shape index (κ2) is 7.06. The van der Waals surface area contributed by atoms with E-state index in [-0.39, 0.29) is 30.2 Å². The number of nitrogens with one attached hydrogen (secondary N) is 1. The van der Waals surface area contributed by atoms with Crippen LogP contribution >= 0.6 is 0 Å². The van der Waals surface area contributed by atoms with Crippen LogP contribution in [0.2, 0.25) is 0 Å². The number of carbonyl (C=O) groups excluding carboxylic acids is 1. The zero-order valence-corrected chi connectivity index (χ0v) is 14.9. The van der Waals surface area contributed by atoms with Gasteiger partial charge in [-0.1, -0.05) is 12.1 Å². The molecule has 1 fully saturated rings. The fourth-order valence-electron chi connectivity index (χ4n) is 2.70. The Morgan fingerprint density at radius 2 is 1.92 bits per heavy atom. The quantitative estimate of drug-likeness (QED) is 0.735. The summed E-state index contributed by atoms with van der Waals surface area (Å²) in [6.45, 7) is 0.577. The predicted octanol–water partition coefficient (Wildman–Crippen LogP) is -0.546. The molecule has 0 bridgehead atoms. The van der Waals surface area contributed by atoms with Crippen LogP contribution in [-0.2, 0) is 26.1 Å². The number of sulfonamides is 1. The van der Waals surface area contributed by atoms with Gasteiger partial charge in [-0.05, 0) is 12.1 Å². The van der Waals surface area contributed by atoms with E-state index in [1.54, 1.807) is 0 Å². The van der Waals surface area contributed by atoms with E-state index in [2.05, 4.69) is 15.5 Å². The number of hydrogen-bond donors (Lipinski definition) is 1. The molecule has 1 saturated heterocycles. The summed E-state index contributed by atoms with van der Waals surface area (Å²) in [5.74, 6) is -0.612. The van der Waals surface area contributed by atoms with Crippen molar-refractivity contribution < 1.29 is 17.9 Å². The molecule has 136 valence electrons. The minimum absolute atomic E-state index is 0.0294. The molecule has 2 atom stereocenters. The maximum Gasteiger partial charge on any atom is 0.243 e. The first-order valence-corrected chi connectivity index (χ1v) is 9.53. The molecular formula is C15H21N5O4S. The van der Waals surface area contributed by atoms with Crippen LogP contribution < -0.4 is 5.32 Å². The average Bonchev–Trinajstić information content (AvgIpc) is 3.13. The summed E-state index contributed by atoms with van der Waals surface area (Å²) in [7, 11) is -0.369. The second-order valence-corrected chi connectivity index (χ2v) is 8.48. The van der Waals surface area contributed by atoms with Crippen LogP contribution in [0.25, 0.3) is 11.0 Å². The molecule has 0 aliphatic carbocycles. The monoisotopic (exact) mass is 367 g/mol. The molecule has 10 heteroatoms. The molecule has 1 N–H and O–H groups in total. The van der Waals surface area contributed by atoms with Crippen LogP contribution in [0.1, 0.15) is 0 Å². The van der Waals surface area contributed by atoms with E-state index < -0.39 is 10.0 Å². The Morgan fingerprint density at radius 3 is 2.52 bits per heavy atom. The molecule has 2 aromatic rings. The van der Waals surface area contributed by atoms with Gasteiger partial charge in [0.05, 0.1) is 25.0 Å². The van der Waals surface area contributed by atoms with E-state index in [1.807, 2.05) is 24.3 Å². The fraction of sp³-hybridized carbons (Fsp3) is 0.533. The van der Waals surface area contributed by atoms with Gasteiger partial charge < -0.3 is 10.1 Å². The Hall–Kier alpha value is -2.04. The van der Waals surface area contributed by atoms with Gasteiger partial charge in [0.2, 0.25) is 15.9 Å². The topological polar surface area (TPSA) is 106 Å². The molecule has 1 amide bonds. The highest BCUT2D eigenvalue weighted by molar-refractivity contribution is 7.89. The SMILES string of the molecule is CN(C)S(=O)(=O)C[C@@H]1COC[C@H]1NC(=O)Cn1nc2ccccc2n1. The second-order valence-electron chi connectivity index (χ2n) is 6.25. The van der Waals surface area contributed by atoms with Gasteiger partial charge in [-0.15, -0.1) is 0 Å².